The number of fused-ring (bicyclic) bond motifs is 1. The largest absolute Gasteiger partial charge is 0.490 e. The fourth-order valence-corrected chi connectivity index (χ4v) is 4.92. The predicted octanol–water partition coefficient (Wildman–Crippen LogP) is 1.53. The van der Waals surface area contributed by atoms with Crippen LogP contribution in [0.1, 0.15) is 58.3 Å². The summed E-state index contributed by atoms with van der Waals surface area (Å²) in [6.45, 7) is 0.741. The molecule has 4 heterocycles. The first-order chi connectivity index (χ1) is 18.8. The number of aliphatic hydroxyl groups excluding tert-OH is 1. The maximum absolute atomic E-state index is 15.0. The molecule has 4 amide bonds. The molecule has 1 aromatic carbocycles. The second kappa shape index (κ2) is 11.0. The van der Waals surface area contributed by atoms with Gasteiger partial charge in [-0.15, -0.1) is 0 Å². The minimum absolute atomic E-state index is 0.0105. The molecule has 5 rings (SSSR count). The highest BCUT2D eigenvalue weighted by Gasteiger charge is 2.47. The maximum atomic E-state index is 15.0. The Kier molecular flexibility index (Phi) is 7.91. The lowest BCUT2D eigenvalue weighted by molar-refractivity contribution is -0.192. The van der Waals surface area contributed by atoms with Crippen molar-refractivity contribution in [3.05, 3.63) is 47.3 Å². The second-order valence-corrected chi connectivity index (χ2v) is 9.31. The molecule has 0 radical (unpaired) electrons. The molecule has 3 aliphatic rings. The van der Waals surface area contributed by atoms with Crippen molar-refractivity contribution in [2.75, 3.05) is 18.0 Å². The molecule has 2 aromatic rings. The Labute approximate surface area is 223 Å². The van der Waals surface area contributed by atoms with E-state index in [1.165, 1.54) is 6.07 Å². The zero-order valence-electron chi connectivity index (χ0n) is 20.6. The van der Waals surface area contributed by atoms with Gasteiger partial charge in [-0.25, -0.2) is 14.2 Å². The maximum Gasteiger partial charge on any atom is 0.490 e. The highest BCUT2D eigenvalue weighted by molar-refractivity contribution is 6.25. The number of imidazole rings is 1. The number of halogens is 4. The highest BCUT2D eigenvalue weighted by Crippen LogP contribution is 2.39. The third-order valence-electron chi connectivity index (χ3n) is 6.88. The lowest BCUT2D eigenvalue weighted by atomic mass is 9.90. The van der Waals surface area contributed by atoms with Gasteiger partial charge in [0.2, 0.25) is 11.8 Å². The van der Waals surface area contributed by atoms with E-state index in [4.69, 9.17) is 9.90 Å². The normalized spacial score (nSPS) is 20.6. The Morgan fingerprint density at radius 2 is 1.73 bits per heavy atom. The van der Waals surface area contributed by atoms with Gasteiger partial charge in [0.25, 0.3) is 11.8 Å². The molecule has 0 saturated carbocycles. The molecule has 2 atom stereocenters. The summed E-state index contributed by atoms with van der Waals surface area (Å²) in [6.07, 6.45) is -1.56. The first-order valence-corrected chi connectivity index (χ1v) is 12.1. The number of aromatic nitrogens is 2. The lowest BCUT2D eigenvalue weighted by Crippen LogP contribution is -2.54. The topological polar surface area (TPSA) is 173 Å². The molecular formula is C24H23F4N5O7. The smallest absolute Gasteiger partial charge is 0.475 e. The van der Waals surface area contributed by atoms with Crippen LogP contribution in [0.5, 0.6) is 0 Å². The first-order valence-electron chi connectivity index (χ1n) is 12.1. The van der Waals surface area contributed by atoms with Crippen molar-refractivity contribution < 1.29 is 51.7 Å². The zero-order chi connectivity index (χ0) is 29.4. The summed E-state index contributed by atoms with van der Waals surface area (Å²) in [4.78, 5) is 68.5. The number of hydrogen-bond acceptors (Lipinski definition) is 8. The van der Waals surface area contributed by atoms with Crippen LogP contribution >= 0.6 is 0 Å². The monoisotopic (exact) mass is 569 g/mol. The molecule has 40 heavy (non-hydrogen) atoms. The number of aromatic amines is 1. The summed E-state index contributed by atoms with van der Waals surface area (Å²) in [5, 5.41) is 19.8. The average Bonchev–Trinajstić information content (AvgIpc) is 3.51. The Hall–Kier alpha value is -4.34. The number of carboxylic acid groups (broad SMARTS) is 1. The number of nitrogens with zero attached hydrogens (tertiary/aromatic N) is 3. The number of rotatable bonds is 4. The molecule has 1 aromatic heterocycles. The number of aliphatic carboxylic acids is 1. The highest BCUT2D eigenvalue weighted by atomic mass is 19.4. The van der Waals surface area contributed by atoms with Gasteiger partial charge in [-0.3, -0.25) is 29.4 Å². The van der Waals surface area contributed by atoms with Crippen LogP contribution in [-0.4, -0.2) is 80.0 Å². The molecule has 16 heteroatoms. The van der Waals surface area contributed by atoms with Crippen molar-refractivity contribution in [3.8, 4) is 0 Å². The van der Waals surface area contributed by atoms with E-state index in [0.717, 1.165) is 11.0 Å². The quantitative estimate of drug-likeness (QED) is 0.315. The molecule has 0 spiro atoms. The minimum Gasteiger partial charge on any atom is -0.475 e. The van der Waals surface area contributed by atoms with Gasteiger partial charge in [-0.1, -0.05) is 0 Å². The number of nitrogens with one attached hydrogen (secondary N) is 2. The van der Waals surface area contributed by atoms with E-state index >= 15 is 0 Å². The fraction of sp³-hybridized carbons (Fsp3) is 0.417. The number of imide groups is 2. The molecule has 2 unspecified atom stereocenters. The number of aliphatic hydroxyl groups is 1. The minimum atomic E-state index is -5.08. The molecule has 0 bridgehead atoms. The van der Waals surface area contributed by atoms with E-state index < -0.39 is 53.7 Å². The van der Waals surface area contributed by atoms with Crippen LogP contribution in [0.15, 0.2) is 24.5 Å². The number of alkyl halides is 3. The number of amides is 4. The van der Waals surface area contributed by atoms with Gasteiger partial charge < -0.3 is 20.1 Å². The van der Waals surface area contributed by atoms with E-state index in [1.807, 2.05) is 0 Å². The number of anilines is 1. The summed E-state index contributed by atoms with van der Waals surface area (Å²) in [5.41, 5.74) is 0.0140. The number of carbonyl (C=O) groups is 5. The van der Waals surface area contributed by atoms with Crippen molar-refractivity contribution in [2.24, 2.45) is 5.92 Å². The fourth-order valence-electron chi connectivity index (χ4n) is 4.92. The standard InChI is InChI=1S/C22H22FN5O5.C2HF3O2/c23-13-2-1-12-16(22(33)28(21(12)32)14-3-4-15(29)26-20(14)31)17(13)27-9-5-11(6-10-27)18(30)19-24-7-8-25-19;3-2(4,5)1(6)7/h1-2,7-8,11,14,18,30H,3-6,9-10H2,(H,24,25)(H,26,29,31);(H,6,7). The SMILES string of the molecule is O=C(O)C(F)(F)F.O=C1CCC(N2C(=O)c3ccc(F)c(N4CCC(C(O)c5ncc[nH]5)CC4)c3C2=O)C(=O)N1. The molecule has 0 aliphatic carbocycles. The van der Waals surface area contributed by atoms with Gasteiger partial charge in [-0.2, -0.15) is 13.2 Å². The Morgan fingerprint density at radius 1 is 1.07 bits per heavy atom. The van der Waals surface area contributed by atoms with E-state index in [9.17, 15) is 41.8 Å². The van der Waals surface area contributed by atoms with Crippen LogP contribution < -0.4 is 10.2 Å². The van der Waals surface area contributed by atoms with Crippen LogP contribution in [0.2, 0.25) is 0 Å². The molecule has 214 valence electrons. The molecule has 12 nitrogen and oxygen atoms in total. The van der Waals surface area contributed by atoms with Gasteiger partial charge >= 0.3 is 12.1 Å². The Balaban J connectivity index is 0.000000470. The second-order valence-electron chi connectivity index (χ2n) is 9.31. The van der Waals surface area contributed by atoms with Gasteiger partial charge in [0.05, 0.1) is 16.8 Å². The number of H-pyrrole nitrogens is 1. The number of hydrogen-bond donors (Lipinski definition) is 4. The summed E-state index contributed by atoms with van der Waals surface area (Å²) in [5.74, 6) is -5.59. The molecule has 3 aliphatic heterocycles. The van der Waals surface area contributed by atoms with Crippen molar-refractivity contribution in [1.82, 2.24) is 20.2 Å². The van der Waals surface area contributed by atoms with Crippen LogP contribution in [0, 0.1) is 11.7 Å². The van der Waals surface area contributed by atoms with Crippen molar-refractivity contribution in [3.63, 3.8) is 0 Å². The number of carbonyl (C=O) groups excluding carboxylic acids is 4. The van der Waals surface area contributed by atoms with Crippen LogP contribution in [0.25, 0.3) is 0 Å². The van der Waals surface area contributed by atoms with Crippen LogP contribution in [0.3, 0.4) is 0 Å². The summed E-state index contributed by atoms with van der Waals surface area (Å²) in [6, 6.07) is 1.30. The van der Waals surface area contributed by atoms with Gasteiger partial charge in [-0.05, 0) is 37.3 Å². The summed E-state index contributed by atoms with van der Waals surface area (Å²) < 4.78 is 46.7. The van der Waals surface area contributed by atoms with E-state index in [1.54, 1.807) is 17.3 Å². The molecule has 4 N–H and O–H groups in total. The molecular weight excluding hydrogens is 546 g/mol. The first kappa shape index (κ1) is 28.7. The van der Waals surface area contributed by atoms with Gasteiger partial charge in [0.1, 0.15) is 23.8 Å². The van der Waals surface area contributed by atoms with E-state index in [0.29, 0.717) is 31.8 Å². The van der Waals surface area contributed by atoms with Crippen molar-refractivity contribution in [1.29, 1.82) is 0 Å². The Bertz CT molecular complexity index is 1340. The third-order valence-corrected chi connectivity index (χ3v) is 6.88. The van der Waals surface area contributed by atoms with Crippen LogP contribution in [0.4, 0.5) is 23.2 Å². The summed E-state index contributed by atoms with van der Waals surface area (Å²) in [7, 11) is 0. The number of benzene rings is 1. The van der Waals surface area contributed by atoms with Gasteiger partial charge in [0.15, 0.2) is 0 Å². The summed E-state index contributed by atoms with van der Waals surface area (Å²) >= 11 is 0. The number of piperidine rings is 2. The molecule has 2 fully saturated rings. The van der Waals surface area contributed by atoms with Crippen LogP contribution in [-0.2, 0) is 14.4 Å². The predicted molar refractivity (Wildman–Crippen MR) is 125 cm³/mol. The van der Waals surface area contributed by atoms with Crippen molar-refractivity contribution in [2.45, 2.75) is 44.0 Å². The van der Waals surface area contributed by atoms with E-state index in [-0.39, 0.29) is 35.6 Å². The number of carboxylic acids is 1. The zero-order valence-corrected chi connectivity index (χ0v) is 20.6. The van der Waals surface area contributed by atoms with Gasteiger partial charge in [0, 0.05) is 31.9 Å². The average molecular weight is 569 g/mol. The lowest BCUT2D eigenvalue weighted by Gasteiger charge is -2.36. The third kappa shape index (κ3) is 5.52. The van der Waals surface area contributed by atoms with Crippen molar-refractivity contribution >= 4 is 35.3 Å². The van der Waals surface area contributed by atoms with E-state index in [2.05, 4.69) is 15.3 Å². The Morgan fingerprint density at radius 3 is 2.27 bits per heavy atom. The molecule has 2 saturated heterocycles.